The zero-order valence-corrected chi connectivity index (χ0v) is 6.50. The summed E-state index contributed by atoms with van der Waals surface area (Å²) >= 11 is 0. The SMILES string of the molecule is C/C(C=O)=C(\C)C(C=O)=NN. The van der Waals surface area contributed by atoms with Gasteiger partial charge in [-0.3, -0.25) is 9.59 Å². The summed E-state index contributed by atoms with van der Waals surface area (Å²) in [6.45, 7) is 3.21. The van der Waals surface area contributed by atoms with Crippen molar-refractivity contribution in [3.05, 3.63) is 11.1 Å². The summed E-state index contributed by atoms with van der Waals surface area (Å²) in [5.41, 5.74) is 1.08. The molecule has 4 heteroatoms. The van der Waals surface area contributed by atoms with Crippen LogP contribution in [0.4, 0.5) is 0 Å². The van der Waals surface area contributed by atoms with Gasteiger partial charge in [0.15, 0.2) is 6.29 Å². The van der Waals surface area contributed by atoms with E-state index in [-0.39, 0.29) is 5.71 Å². The lowest BCUT2D eigenvalue weighted by molar-refractivity contribution is -0.105. The summed E-state index contributed by atoms with van der Waals surface area (Å²) in [6, 6.07) is 0. The Morgan fingerprint density at radius 2 is 1.82 bits per heavy atom. The highest BCUT2D eigenvalue weighted by atomic mass is 16.1. The van der Waals surface area contributed by atoms with Gasteiger partial charge in [-0.1, -0.05) is 0 Å². The lowest BCUT2D eigenvalue weighted by Crippen LogP contribution is -2.07. The number of nitrogens with zero attached hydrogens (tertiary/aromatic N) is 1. The normalized spacial score (nSPS) is 13.8. The van der Waals surface area contributed by atoms with Gasteiger partial charge < -0.3 is 5.84 Å². The molecule has 2 N–H and O–H groups in total. The van der Waals surface area contributed by atoms with Gasteiger partial charge in [0.25, 0.3) is 0 Å². The first-order chi connectivity index (χ1) is 5.17. The summed E-state index contributed by atoms with van der Waals surface area (Å²) in [5.74, 6) is 4.88. The lowest BCUT2D eigenvalue weighted by Gasteiger charge is -1.97. The van der Waals surface area contributed by atoms with E-state index in [9.17, 15) is 9.59 Å². The van der Waals surface area contributed by atoms with Crippen LogP contribution in [0, 0.1) is 0 Å². The van der Waals surface area contributed by atoms with Crippen molar-refractivity contribution in [2.24, 2.45) is 10.9 Å². The van der Waals surface area contributed by atoms with E-state index in [0.717, 1.165) is 0 Å². The first-order valence-electron chi connectivity index (χ1n) is 3.03. The molecule has 0 radical (unpaired) electrons. The van der Waals surface area contributed by atoms with Crippen LogP contribution in [0.25, 0.3) is 0 Å². The van der Waals surface area contributed by atoms with Crippen molar-refractivity contribution in [3.8, 4) is 0 Å². The third-order valence-corrected chi connectivity index (χ3v) is 1.40. The van der Waals surface area contributed by atoms with Crippen molar-refractivity contribution in [3.63, 3.8) is 0 Å². The predicted octanol–water partition coefficient (Wildman–Crippen LogP) is 0.0353. The van der Waals surface area contributed by atoms with Gasteiger partial charge in [0.05, 0.1) is 0 Å². The van der Waals surface area contributed by atoms with Gasteiger partial charge in [0, 0.05) is 0 Å². The van der Waals surface area contributed by atoms with E-state index in [2.05, 4.69) is 5.10 Å². The molecule has 4 nitrogen and oxygen atoms in total. The first kappa shape index (κ1) is 9.55. The molecule has 60 valence electrons. The summed E-state index contributed by atoms with van der Waals surface area (Å²) < 4.78 is 0. The number of nitrogens with two attached hydrogens (primary N) is 1. The average molecular weight is 154 g/mol. The Morgan fingerprint density at radius 3 is 2.09 bits per heavy atom. The summed E-state index contributed by atoms with van der Waals surface area (Å²) in [7, 11) is 0. The van der Waals surface area contributed by atoms with E-state index in [1.54, 1.807) is 13.8 Å². The van der Waals surface area contributed by atoms with Crippen molar-refractivity contribution in [2.75, 3.05) is 0 Å². The van der Waals surface area contributed by atoms with Gasteiger partial charge in [-0.05, 0) is 25.0 Å². The molecule has 0 saturated heterocycles. The van der Waals surface area contributed by atoms with Crippen LogP contribution in [0.15, 0.2) is 16.2 Å². The van der Waals surface area contributed by atoms with Crippen molar-refractivity contribution in [2.45, 2.75) is 13.8 Å². The van der Waals surface area contributed by atoms with Crippen LogP contribution >= 0.6 is 0 Å². The van der Waals surface area contributed by atoms with Crippen LogP contribution in [0.5, 0.6) is 0 Å². The topological polar surface area (TPSA) is 72.5 Å². The van der Waals surface area contributed by atoms with Crippen molar-refractivity contribution >= 4 is 18.3 Å². The van der Waals surface area contributed by atoms with Crippen LogP contribution in [0.2, 0.25) is 0 Å². The molecular formula is C7H10N2O2. The molecule has 0 aromatic rings. The van der Waals surface area contributed by atoms with Crippen LogP contribution in [0.3, 0.4) is 0 Å². The number of carbonyl (C=O) groups is 2. The number of carbonyl (C=O) groups excluding carboxylic acids is 2. The number of hydrogen-bond donors (Lipinski definition) is 1. The fourth-order valence-corrected chi connectivity index (χ4v) is 0.506. The highest BCUT2D eigenvalue weighted by molar-refractivity contribution is 6.36. The molecule has 0 atom stereocenters. The second-order valence-electron chi connectivity index (χ2n) is 2.06. The molecule has 0 amide bonds. The molecule has 0 aromatic heterocycles. The zero-order valence-electron chi connectivity index (χ0n) is 6.50. The van der Waals surface area contributed by atoms with Gasteiger partial charge in [0.2, 0.25) is 0 Å². The Morgan fingerprint density at radius 1 is 1.27 bits per heavy atom. The Bertz CT molecular complexity index is 229. The van der Waals surface area contributed by atoms with E-state index in [4.69, 9.17) is 5.84 Å². The lowest BCUT2D eigenvalue weighted by atomic mass is 10.1. The summed E-state index contributed by atoms with van der Waals surface area (Å²) in [6.07, 6.45) is 1.17. The minimum absolute atomic E-state index is 0.106. The highest BCUT2D eigenvalue weighted by Crippen LogP contribution is 2.00. The van der Waals surface area contributed by atoms with Gasteiger partial charge in [-0.2, -0.15) is 5.10 Å². The fraction of sp³-hybridized carbons (Fsp3) is 0.286. The predicted molar refractivity (Wildman–Crippen MR) is 42.1 cm³/mol. The van der Waals surface area contributed by atoms with Crippen molar-refractivity contribution in [1.82, 2.24) is 0 Å². The molecule has 0 saturated carbocycles. The zero-order chi connectivity index (χ0) is 8.85. The Balaban J connectivity index is 4.85. The number of hydrogen-bond acceptors (Lipinski definition) is 4. The second kappa shape index (κ2) is 4.38. The van der Waals surface area contributed by atoms with E-state index in [0.29, 0.717) is 23.7 Å². The number of aldehydes is 2. The molecule has 11 heavy (non-hydrogen) atoms. The molecule has 0 bridgehead atoms. The standard InChI is InChI=1S/C7H10N2O2/c1-5(3-10)6(2)7(4-11)9-8/h3-4H,8H2,1-2H3/b6-5-,9-7?. The Hall–Kier alpha value is -1.45. The van der Waals surface area contributed by atoms with E-state index in [1.165, 1.54) is 0 Å². The molecule has 0 fully saturated rings. The van der Waals surface area contributed by atoms with Crippen LogP contribution in [-0.4, -0.2) is 18.3 Å². The number of rotatable bonds is 3. The van der Waals surface area contributed by atoms with E-state index < -0.39 is 0 Å². The van der Waals surface area contributed by atoms with Gasteiger partial charge in [0.1, 0.15) is 12.0 Å². The molecule has 0 aliphatic carbocycles. The quantitative estimate of drug-likeness (QED) is 0.205. The molecule has 0 heterocycles. The Kier molecular flexibility index (Phi) is 3.80. The molecule has 0 aliphatic heterocycles. The van der Waals surface area contributed by atoms with Gasteiger partial charge in [-0.15, -0.1) is 0 Å². The second-order valence-corrected chi connectivity index (χ2v) is 2.06. The van der Waals surface area contributed by atoms with Gasteiger partial charge in [-0.25, -0.2) is 0 Å². The largest absolute Gasteiger partial charge is 0.323 e. The molecule has 0 aliphatic rings. The molecular weight excluding hydrogens is 144 g/mol. The molecule has 0 spiro atoms. The first-order valence-corrected chi connectivity index (χ1v) is 3.03. The van der Waals surface area contributed by atoms with E-state index >= 15 is 0 Å². The monoisotopic (exact) mass is 154 g/mol. The fourth-order valence-electron chi connectivity index (χ4n) is 0.506. The highest BCUT2D eigenvalue weighted by Gasteiger charge is 2.02. The molecule has 0 rings (SSSR count). The Labute approximate surface area is 64.8 Å². The third-order valence-electron chi connectivity index (χ3n) is 1.40. The van der Waals surface area contributed by atoms with Gasteiger partial charge >= 0.3 is 0 Å². The van der Waals surface area contributed by atoms with E-state index in [1.807, 2.05) is 0 Å². The minimum Gasteiger partial charge on any atom is -0.323 e. The summed E-state index contributed by atoms with van der Waals surface area (Å²) in [5, 5.41) is 3.21. The van der Waals surface area contributed by atoms with Crippen LogP contribution < -0.4 is 5.84 Å². The maximum atomic E-state index is 10.2. The number of allylic oxidation sites excluding steroid dienone is 2. The minimum atomic E-state index is 0.106. The average Bonchev–Trinajstić information content (AvgIpc) is 2.05. The smallest absolute Gasteiger partial charge is 0.170 e. The van der Waals surface area contributed by atoms with Crippen molar-refractivity contribution < 1.29 is 9.59 Å². The number of hydrazone groups is 1. The third kappa shape index (κ3) is 2.33. The molecule has 0 unspecified atom stereocenters. The van der Waals surface area contributed by atoms with Crippen LogP contribution in [0.1, 0.15) is 13.8 Å². The van der Waals surface area contributed by atoms with Crippen molar-refractivity contribution in [1.29, 1.82) is 0 Å². The maximum absolute atomic E-state index is 10.2. The van der Waals surface area contributed by atoms with Crippen LogP contribution in [-0.2, 0) is 9.59 Å². The molecule has 0 aromatic carbocycles. The summed E-state index contributed by atoms with van der Waals surface area (Å²) in [4.78, 5) is 20.5. The maximum Gasteiger partial charge on any atom is 0.170 e.